The number of nitrogens with two attached hydrogens (primary N) is 1. The van der Waals surface area contributed by atoms with Crippen molar-refractivity contribution in [2.75, 3.05) is 17.6 Å². The highest BCUT2D eigenvalue weighted by atomic mass is 14.9. The maximum absolute atomic E-state index is 6.07. The van der Waals surface area contributed by atoms with E-state index < -0.39 is 0 Å². The maximum Gasteiger partial charge on any atom is 0.0743 e. The van der Waals surface area contributed by atoms with Gasteiger partial charge in [0.15, 0.2) is 0 Å². The van der Waals surface area contributed by atoms with Gasteiger partial charge in [0, 0.05) is 11.9 Å². The lowest BCUT2D eigenvalue weighted by atomic mass is 10.1. The van der Waals surface area contributed by atoms with Gasteiger partial charge < -0.3 is 11.1 Å². The van der Waals surface area contributed by atoms with Crippen molar-refractivity contribution in [3.63, 3.8) is 0 Å². The lowest BCUT2D eigenvalue weighted by Crippen LogP contribution is -2.08. The molecule has 0 saturated carbocycles. The highest BCUT2D eigenvalue weighted by Gasteiger charge is 2.06. The van der Waals surface area contributed by atoms with Gasteiger partial charge in [0.2, 0.25) is 0 Å². The van der Waals surface area contributed by atoms with Crippen LogP contribution in [-0.4, -0.2) is 11.5 Å². The quantitative estimate of drug-likeness (QED) is 0.763. The van der Waals surface area contributed by atoms with Gasteiger partial charge in [0.25, 0.3) is 0 Å². The number of fused-ring (bicyclic) bond motifs is 1. The highest BCUT2D eigenvalue weighted by molar-refractivity contribution is 5.96. The van der Waals surface area contributed by atoms with Crippen LogP contribution in [0.2, 0.25) is 0 Å². The van der Waals surface area contributed by atoms with E-state index in [0.717, 1.165) is 29.6 Å². The zero-order chi connectivity index (χ0) is 14.7. The lowest BCUT2D eigenvalue weighted by molar-refractivity contribution is 1.01. The van der Waals surface area contributed by atoms with Crippen LogP contribution >= 0.6 is 0 Å². The molecule has 0 aliphatic heterocycles. The van der Waals surface area contributed by atoms with Crippen molar-refractivity contribution in [2.45, 2.75) is 13.3 Å². The molecule has 1 heterocycles. The first-order valence-corrected chi connectivity index (χ1v) is 7.17. The number of hydrogen-bond acceptors (Lipinski definition) is 3. The average molecular weight is 277 g/mol. The molecule has 0 spiro atoms. The number of anilines is 2. The molecule has 106 valence electrons. The molecule has 3 heteroatoms. The van der Waals surface area contributed by atoms with Crippen LogP contribution in [0.15, 0.2) is 54.7 Å². The van der Waals surface area contributed by atoms with Crippen LogP contribution in [-0.2, 0) is 6.42 Å². The van der Waals surface area contributed by atoms with Crippen molar-refractivity contribution >= 4 is 22.3 Å². The van der Waals surface area contributed by atoms with Crippen LogP contribution < -0.4 is 11.1 Å². The van der Waals surface area contributed by atoms with Gasteiger partial charge in [0.1, 0.15) is 0 Å². The number of rotatable bonds is 4. The number of benzene rings is 2. The van der Waals surface area contributed by atoms with Crippen molar-refractivity contribution in [3.8, 4) is 0 Å². The first-order chi connectivity index (χ1) is 10.3. The first-order valence-electron chi connectivity index (χ1n) is 7.17. The molecular weight excluding hydrogens is 258 g/mol. The molecule has 0 atom stereocenters. The van der Waals surface area contributed by atoms with Gasteiger partial charge in [-0.3, -0.25) is 4.98 Å². The molecular formula is C18H19N3. The van der Waals surface area contributed by atoms with Gasteiger partial charge >= 0.3 is 0 Å². The summed E-state index contributed by atoms with van der Waals surface area (Å²) in [6.45, 7) is 2.99. The highest BCUT2D eigenvalue weighted by Crippen LogP contribution is 2.27. The van der Waals surface area contributed by atoms with Crippen LogP contribution in [0.4, 0.5) is 11.4 Å². The van der Waals surface area contributed by atoms with E-state index in [1.807, 2.05) is 18.2 Å². The van der Waals surface area contributed by atoms with E-state index in [-0.39, 0.29) is 0 Å². The minimum absolute atomic E-state index is 0.693. The molecule has 2 aromatic carbocycles. The number of aryl methyl sites for hydroxylation is 1. The Bertz CT molecular complexity index is 765. The topological polar surface area (TPSA) is 50.9 Å². The number of pyridine rings is 1. The Morgan fingerprint density at radius 3 is 2.67 bits per heavy atom. The van der Waals surface area contributed by atoms with E-state index in [1.165, 1.54) is 11.1 Å². The number of nitrogens with one attached hydrogen (secondary N) is 1. The van der Waals surface area contributed by atoms with Crippen molar-refractivity contribution in [3.05, 3.63) is 65.9 Å². The zero-order valence-corrected chi connectivity index (χ0v) is 12.1. The van der Waals surface area contributed by atoms with Crippen LogP contribution in [0, 0.1) is 6.92 Å². The third-order valence-corrected chi connectivity index (χ3v) is 3.76. The molecule has 0 aliphatic rings. The molecule has 3 nitrogen and oxygen atoms in total. The Kier molecular flexibility index (Phi) is 3.73. The normalized spacial score (nSPS) is 10.7. The third kappa shape index (κ3) is 2.82. The Morgan fingerprint density at radius 1 is 1.05 bits per heavy atom. The average Bonchev–Trinajstić information content (AvgIpc) is 2.51. The summed E-state index contributed by atoms with van der Waals surface area (Å²) in [5.74, 6) is 0. The number of hydrogen-bond donors (Lipinski definition) is 2. The molecule has 21 heavy (non-hydrogen) atoms. The van der Waals surface area contributed by atoms with E-state index in [2.05, 4.69) is 47.6 Å². The van der Waals surface area contributed by atoms with Crippen molar-refractivity contribution in [2.24, 2.45) is 0 Å². The number of aromatic nitrogens is 1. The molecule has 0 saturated heterocycles. The van der Waals surface area contributed by atoms with Crippen molar-refractivity contribution in [1.82, 2.24) is 4.98 Å². The molecule has 1 aromatic heterocycles. The SMILES string of the molecule is Cc1ccccc1CCNc1c(N)cnc2ccccc12. The second kappa shape index (κ2) is 5.83. The van der Waals surface area contributed by atoms with Gasteiger partial charge in [-0.15, -0.1) is 0 Å². The van der Waals surface area contributed by atoms with Gasteiger partial charge in [-0.1, -0.05) is 42.5 Å². The zero-order valence-electron chi connectivity index (χ0n) is 12.1. The maximum atomic E-state index is 6.07. The second-order valence-electron chi connectivity index (χ2n) is 5.21. The summed E-state index contributed by atoms with van der Waals surface area (Å²) in [6.07, 6.45) is 2.70. The summed E-state index contributed by atoms with van der Waals surface area (Å²) in [5.41, 5.74) is 11.4. The summed E-state index contributed by atoms with van der Waals surface area (Å²) in [5, 5.41) is 4.54. The van der Waals surface area contributed by atoms with Crippen LogP contribution in [0.5, 0.6) is 0 Å². The Hall–Kier alpha value is -2.55. The van der Waals surface area contributed by atoms with E-state index >= 15 is 0 Å². The fourth-order valence-corrected chi connectivity index (χ4v) is 2.57. The molecule has 0 radical (unpaired) electrons. The second-order valence-corrected chi connectivity index (χ2v) is 5.21. The molecule has 3 rings (SSSR count). The smallest absolute Gasteiger partial charge is 0.0743 e. The summed E-state index contributed by atoms with van der Waals surface area (Å²) >= 11 is 0. The van der Waals surface area contributed by atoms with Crippen molar-refractivity contribution < 1.29 is 0 Å². The van der Waals surface area contributed by atoms with E-state index in [0.29, 0.717) is 5.69 Å². The van der Waals surface area contributed by atoms with Gasteiger partial charge in [-0.25, -0.2) is 0 Å². The van der Waals surface area contributed by atoms with Gasteiger partial charge in [-0.2, -0.15) is 0 Å². The molecule has 3 aromatic rings. The first kappa shape index (κ1) is 13.4. The van der Waals surface area contributed by atoms with Crippen LogP contribution in [0.25, 0.3) is 10.9 Å². The minimum atomic E-state index is 0.693. The largest absolute Gasteiger partial charge is 0.396 e. The summed E-state index contributed by atoms with van der Waals surface area (Å²) < 4.78 is 0. The molecule has 0 amide bonds. The predicted octanol–water partition coefficient (Wildman–Crippen LogP) is 3.78. The number of para-hydroxylation sites is 1. The molecule has 0 aliphatic carbocycles. The Labute approximate surface area is 124 Å². The molecule has 0 fully saturated rings. The monoisotopic (exact) mass is 277 g/mol. The fraction of sp³-hybridized carbons (Fsp3) is 0.167. The van der Waals surface area contributed by atoms with Crippen LogP contribution in [0.1, 0.15) is 11.1 Å². The molecule has 0 bridgehead atoms. The van der Waals surface area contributed by atoms with E-state index in [9.17, 15) is 0 Å². The summed E-state index contributed by atoms with van der Waals surface area (Å²) in [7, 11) is 0. The standard InChI is InChI=1S/C18H19N3/c1-13-6-2-3-7-14(13)10-11-20-18-15-8-4-5-9-17(15)21-12-16(18)19/h2-9,12H,10-11,19H2,1H3,(H,20,21). The summed E-state index contributed by atoms with van der Waals surface area (Å²) in [4.78, 5) is 4.36. The molecule has 3 N–H and O–H groups in total. The van der Waals surface area contributed by atoms with E-state index in [1.54, 1.807) is 6.20 Å². The Morgan fingerprint density at radius 2 is 1.81 bits per heavy atom. The third-order valence-electron chi connectivity index (χ3n) is 3.76. The van der Waals surface area contributed by atoms with Gasteiger partial charge in [0.05, 0.1) is 23.1 Å². The Balaban J connectivity index is 1.79. The lowest BCUT2D eigenvalue weighted by Gasteiger charge is -2.13. The molecule has 0 unspecified atom stereocenters. The van der Waals surface area contributed by atoms with Gasteiger partial charge in [-0.05, 0) is 30.5 Å². The predicted molar refractivity (Wildman–Crippen MR) is 89.5 cm³/mol. The number of nitrogens with zero attached hydrogens (tertiary/aromatic N) is 1. The fourth-order valence-electron chi connectivity index (χ4n) is 2.57. The summed E-state index contributed by atoms with van der Waals surface area (Å²) in [6, 6.07) is 16.5. The van der Waals surface area contributed by atoms with Crippen molar-refractivity contribution in [1.29, 1.82) is 0 Å². The minimum Gasteiger partial charge on any atom is -0.396 e. The number of nitrogen functional groups attached to an aromatic ring is 1. The van der Waals surface area contributed by atoms with Crippen LogP contribution in [0.3, 0.4) is 0 Å². The van der Waals surface area contributed by atoms with E-state index in [4.69, 9.17) is 5.73 Å².